The van der Waals surface area contributed by atoms with E-state index >= 15 is 0 Å². The molecule has 1 nitrogen and oxygen atoms in total. The number of hydrogen-bond acceptors (Lipinski definition) is 1. The highest BCUT2D eigenvalue weighted by Crippen LogP contribution is 2.32. The molecule has 1 N–H and O–H groups in total. The summed E-state index contributed by atoms with van der Waals surface area (Å²) in [4.78, 5) is 0. The van der Waals surface area contributed by atoms with Crippen molar-refractivity contribution in [2.24, 2.45) is 0 Å². The molecule has 1 aromatic carbocycles. The van der Waals surface area contributed by atoms with Crippen LogP contribution in [0.5, 0.6) is 0 Å². The summed E-state index contributed by atoms with van der Waals surface area (Å²) in [5, 5.41) is 3.23. The maximum Gasteiger partial charge on any atom is 0.142 e. The summed E-state index contributed by atoms with van der Waals surface area (Å²) in [6.45, 7) is 0. The third kappa shape index (κ3) is 2.78. The van der Waals surface area contributed by atoms with Crippen molar-refractivity contribution in [3.63, 3.8) is 0 Å². The van der Waals surface area contributed by atoms with Crippen molar-refractivity contribution in [2.45, 2.75) is 31.7 Å². The molecule has 0 saturated heterocycles. The normalized spacial score (nSPS) is 17.7. The van der Waals surface area contributed by atoms with Gasteiger partial charge in [-0.15, -0.1) is 0 Å². The Balaban J connectivity index is 2.34. The number of rotatable bonds is 3. The molecule has 1 aliphatic rings. The number of likely N-dealkylation sites (N-methyl/N-ethyl adjacent to an activating group) is 1. The van der Waals surface area contributed by atoms with Crippen molar-refractivity contribution >= 4 is 15.9 Å². The highest BCUT2D eigenvalue weighted by atomic mass is 79.9. The Morgan fingerprint density at radius 3 is 2.82 bits per heavy atom. The number of halogens is 2. The van der Waals surface area contributed by atoms with Gasteiger partial charge in [-0.25, -0.2) is 4.39 Å². The second kappa shape index (κ2) is 5.78. The fraction of sp³-hybridized carbons (Fsp3) is 0.429. The van der Waals surface area contributed by atoms with Gasteiger partial charge in [-0.05, 0) is 54.7 Å². The van der Waals surface area contributed by atoms with Gasteiger partial charge in [0.05, 0.1) is 10.5 Å². The van der Waals surface area contributed by atoms with Crippen LogP contribution in [-0.2, 0) is 0 Å². The minimum atomic E-state index is -0.154. The summed E-state index contributed by atoms with van der Waals surface area (Å²) in [7, 11) is 1.89. The van der Waals surface area contributed by atoms with Crippen LogP contribution in [-0.4, -0.2) is 7.05 Å². The molecule has 0 spiro atoms. The predicted molar refractivity (Wildman–Crippen MR) is 72.5 cm³/mol. The van der Waals surface area contributed by atoms with Gasteiger partial charge in [0.2, 0.25) is 0 Å². The average Bonchev–Trinajstić information content (AvgIpc) is 2.37. The van der Waals surface area contributed by atoms with Crippen LogP contribution in [0.1, 0.15) is 37.3 Å². The van der Waals surface area contributed by atoms with E-state index in [1.54, 1.807) is 6.07 Å². The van der Waals surface area contributed by atoms with Gasteiger partial charge in [0.1, 0.15) is 5.82 Å². The summed E-state index contributed by atoms with van der Waals surface area (Å²) in [5.41, 5.74) is 2.05. The van der Waals surface area contributed by atoms with Gasteiger partial charge < -0.3 is 5.32 Å². The summed E-state index contributed by atoms with van der Waals surface area (Å²) < 4.78 is 14.6. The molecule has 0 aromatic heterocycles. The van der Waals surface area contributed by atoms with Crippen LogP contribution in [0.4, 0.5) is 4.39 Å². The molecule has 0 amide bonds. The zero-order chi connectivity index (χ0) is 12.3. The number of hydrogen-bond donors (Lipinski definition) is 1. The Morgan fingerprint density at radius 1 is 1.35 bits per heavy atom. The average molecular weight is 298 g/mol. The van der Waals surface area contributed by atoms with Crippen LogP contribution >= 0.6 is 15.9 Å². The van der Waals surface area contributed by atoms with Gasteiger partial charge in [-0.2, -0.15) is 0 Å². The van der Waals surface area contributed by atoms with Crippen molar-refractivity contribution in [1.82, 2.24) is 5.32 Å². The van der Waals surface area contributed by atoms with Gasteiger partial charge in [-0.3, -0.25) is 0 Å². The van der Waals surface area contributed by atoms with Crippen molar-refractivity contribution in [3.05, 3.63) is 45.7 Å². The molecule has 0 heterocycles. The largest absolute Gasteiger partial charge is 0.310 e. The lowest BCUT2D eigenvalue weighted by Gasteiger charge is -2.24. The lowest BCUT2D eigenvalue weighted by atomic mass is 9.90. The molecule has 1 aliphatic carbocycles. The van der Waals surface area contributed by atoms with E-state index < -0.39 is 0 Å². The molecule has 0 radical (unpaired) electrons. The van der Waals surface area contributed by atoms with E-state index in [-0.39, 0.29) is 11.9 Å². The standard InChI is InChI=1S/C14H17BrFN/c1-17-14(10-6-3-2-4-7-10)11-8-5-9-12(15)13(11)16/h5-6,8-9,14,17H,2-4,7H2,1H3. The number of benzene rings is 1. The van der Waals surface area contributed by atoms with Crippen molar-refractivity contribution in [1.29, 1.82) is 0 Å². The molecule has 0 saturated carbocycles. The van der Waals surface area contributed by atoms with Crippen LogP contribution < -0.4 is 5.32 Å². The van der Waals surface area contributed by atoms with Gasteiger partial charge in [0.25, 0.3) is 0 Å². The molecule has 17 heavy (non-hydrogen) atoms. The van der Waals surface area contributed by atoms with Crippen LogP contribution in [0.15, 0.2) is 34.3 Å². The fourth-order valence-corrected chi connectivity index (χ4v) is 2.79. The van der Waals surface area contributed by atoms with Gasteiger partial charge in [0.15, 0.2) is 0 Å². The molecule has 2 rings (SSSR count). The summed E-state index contributed by atoms with van der Waals surface area (Å²) in [5.74, 6) is -0.154. The molecule has 3 heteroatoms. The highest BCUT2D eigenvalue weighted by molar-refractivity contribution is 9.10. The van der Waals surface area contributed by atoms with Gasteiger partial charge in [0, 0.05) is 5.56 Å². The van der Waals surface area contributed by atoms with E-state index in [2.05, 4.69) is 27.3 Å². The second-order valence-corrected chi connectivity index (χ2v) is 5.24. The summed E-state index contributed by atoms with van der Waals surface area (Å²) in [6.07, 6.45) is 6.89. The molecule has 0 aliphatic heterocycles. The maximum atomic E-state index is 14.1. The summed E-state index contributed by atoms with van der Waals surface area (Å²) in [6, 6.07) is 5.49. The van der Waals surface area contributed by atoms with Crippen molar-refractivity contribution < 1.29 is 4.39 Å². The van der Waals surface area contributed by atoms with Crippen molar-refractivity contribution in [3.8, 4) is 0 Å². The van der Waals surface area contributed by atoms with Gasteiger partial charge in [-0.1, -0.05) is 23.8 Å². The minimum Gasteiger partial charge on any atom is -0.310 e. The first-order valence-electron chi connectivity index (χ1n) is 6.04. The van der Waals surface area contributed by atoms with E-state index in [9.17, 15) is 4.39 Å². The third-order valence-corrected chi connectivity index (χ3v) is 3.89. The molecule has 1 aromatic rings. The van der Waals surface area contributed by atoms with E-state index in [0.717, 1.165) is 18.4 Å². The minimum absolute atomic E-state index is 0.00722. The SMILES string of the molecule is CNC(C1=CCCCC1)c1cccc(Br)c1F. The molecule has 1 unspecified atom stereocenters. The molecular weight excluding hydrogens is 281 g/mol. The second-order valence-electron chi connectivity index (χ2n) is 4.39. The first kappa shape index (κ1) is 12.8. The van der Waals surface area contributed by atoms with Gasteiger partial charge >= 0.3 is 0 Å². The van der Waals surface area contributed by atoms with Crippen LogP contribution in [0.2, 0.25) is 0 Å². The Morgan fingerprint density at radius 2 is 2.18 bits per heavy atom. The maximum absolute atomic E-state index is 14.1. The molecule has 0 fully saturated rings. The molecule has 1 atom stereocenters. The van der Waals surface area contributed by atoms with Crippen LogP contribution in [0.25, 0.3) is 0 Å². The Kier molecular flexibility index (Phi) is 4.35. The Hall–Kier alpha value is -0.670. The monoisotopic (exact) mass is 297 g/mol. The first-order valence-corrected chi connectivity index (χ1v) is 6.83. The zero-order valence-electron chi connectivity index (χ0n) is 9.97. The fourth-order valence-electron chi connectivity index (χ4n) is 2.41. The Bertz CT molecular complexity index is 428. The smallest absolute Gasteiger partial charge is 0.142 e. The molecular formula is C14H17BrFN. The van der Waals surface area contributed by atoms with Crippen LogP contribution in [0, 0.1) is 5.82 Å². The predicted octanol–water partition coefficient (Wildman–Crippen LogP) is 4.35. The lowest BCUT2D eigenvalue weighted by Crippen LogP contribution is -2.21. The zero-order valence-corrected chi connectivity index (χ0v) is 11.6. The third-order valence-electron chi connectivity index (χ3n) is 3.28. The van der Waals surface area contributed by atoms with E-state index in [4.69, 9.17) is 0 Å². The van der Waals surface area contributed by atoms with Crippen LogP contribution in [0.3, 0.4) is 0 Å². The lowest BCUT2D eigenvalue weighted by molar-refractivity contribution is 0.543. The Labute approximate surface area is 110 Å². The first-order chi connectivity index (χ1) is 8.24. The van der Waals surface area contributed by atoms with E-state index in [0.29, 0.717) is 4.47 Å². The topological polar surface area (TPSA) is 12.0 Å². The number of nitrogens with one attached hydrogen (secondary N) is 1. The van der Waals surface area contributed by atoms with Crippen molar-refractivity contribution in [2.75, 3.05) is 7.05 Å². The quantitative estimate of drug-likeness (QED) is 0.818. The molecule has 0 bridgehead atoms. The molecule has 92 valence electrons. The van der Waals surface area contributed by atoms with E-state index in [1.807, 2.05) is 19.2 Å². The van der Waals surface area contributed by atoms with E-state index in [1.165, 1.54) is 18.4 Å². The highest BCUT2D eigenvalue weighted by Gasteiger charge is 2.20. The summed E-state index contributed by atoms with van der Waals surface area (Å²) >= 11 is 3.25. The number of allylic oxidation sites excluding steroid dienone is 1.